The summed E-state index contributed by atoms with van der Waals surface area (Å²) in [5, 5.41) is 2.91. The first-order valence-corrected chi connectivity index (χ1v) is 10.5. The van der Waals surface area contributed by atoms with Gasteiger partial charge in [-0.05, 0) is 63.2 Å². The number of aromatic nitrogens is 4. The summed E-state index contributed by atoms with van der Waals surface area (Å²) >= 11 is 0. The monoisotopic (exact) mass is 442 g/mol. The number of benzene rings is 2. The fraction of sp³-hybridized carbons (Fsp3) is 0.200. The van der Waals surface area contributed by atoms with E-state index in [4.69, 9.17) is 4.74 Å². The summed E-state index contributed by atoms with van der Waals surface area (Å²) < 4.78 is 7.86. The summed E-state index contributed by atoms with van der Waals surface area (Å²) in [6.07, 6.45) is 1.74. The standard InChI is InChI=1S/C25H26N6O2/c1-16-17(2)31(15-26-16)23-14-24(28-18(3)27-23)33-22-11-9-20(10-12-22)29-25(32)19-7-6-8-21(13-19)30(4)5/h6-15H,1-5H3,(H,29,32). The number of amides is 1. The highest BCUT2D eigenvalue weighted by Crippen LogP contribution is 2.24. The van der Waals surface area contributed by atoms with Gasteiger partial charge in [0.1, 0.15) is 23.7 Å². The number of carbonyl (C=O) groups excluding carboxylic acids is 1. The maximum Gasteiger partial charge on any atom is 0.255 e. The van der Waals surface area contributed by atoms with E-state index >= 15 is 0 Å². The van der Waals surface area contributed by atoms with Gasteiger partial charge >= 0.3 is 0 Å². The molecule has 33 heavy (non-hydrogen) atoms. The number of rotatable bonds is 6. The van der Waals surface area contributed by atoms with Gasteiger partial charge in [0.2, 0.25) is 5.88 Å². The molecular formula is C25H26N6O2. The first kappa shape index (κ1) is 22.0. The van der Waals surface area contributed by atoms with Crippen LogP contribution in [0.15, 0.2) is 60.9 Å². The first-order chi connectivity index (χ1) is 15.8. The molecule has 8 nitrogen and oxygen atoms in total. The van der Waals surface area contributed by atoms with E-state index in [0.717, 1.165) is 17.1 Å². The number of ether oxygens (including phenoxy) is 1. The van der Waals surface area contributed by atoms with Gasteiger partial charge in [-0.25, -0.2) is 9.97 Å². The number of hydrogen-bond donors (Lipinski definition) is 1. The molecule has 0 fully saturated rings. The average molecular weight is 443 g/mol. The molecule has 8 heteroatoms. The third-order valence-electron chi connectivity index (χ3n) is 5.26. The molecule has 2 heterocycles. The zero-order chi connectivity index (χ0) is 23.5. The topological polar surface area (TPSA) is 85.2 Å². The molecule has 0 unspecified atom stereocenters. The Balaban J connectivity index is 1.47. The summed E-state index contributed by atoms with van der Waals surface area (Å²) in [6, 6.07) is 16.4. The molecule has 2 aromatic carbocycles. The Bertz CT molecular complexity index is 1290. The quantitative estimate of drug-likeness (QED) is 0.466. The van der Waals surface area contributed by atoms with Crippen LogP contribution >= 0.6 is 0 Å². The van der Waals surface area contributed by atoms with Gasteiger partial charge in [0, 0.05) is 42.8 Å². The maximum absolute atomic E-state index is 12.6. The number of nitrogens with zero attached hydrogens (tertiary/aromatic N) is 5. The van der Waals surface area contributed by atoms with Crippen molar-refractivity contribution in [1.82, 2.24) is 19.5 Å². The second-order valence-electron chi connectivity index (χ2n) is 7.92. The zero-order valence-corrected chi connectivity index (χ0v) is 19.3. The molecule has 168 valence electrons. The minimum Gasteiger partial charge on any atom is -0.439 e. The highest BCUT2D eigenvalue weighted by atomic mass is 16.5. The highest BCUT2D eigenvalue weighted by Gasteiger charge is 2.11. The van der Waals surface area contributed by atoms with Gasteiger partial charge in [0.15, 0.2) is 0 Å². The summed E-state index contributed by atoms with van der Waals surface area (Å²) in [4.78, 5) is 27.8. The Morgan fingerprint density at radius 1 is 1.00 bits per heavy atom. The van der Waals surface area contributed by atoms with Crippen molar-refractivity contribution in [1.29, 1.82) is 0 Å². The molecule has 1 N–H and O–H groups in total. The molecule has 0 aliphatic rings. The third kappa shape index (κ3) is 5.01. The summed E-state index contributed by atoms with van der Waals surface area (Å²) in [6.45, 7) is 5.76. The van der Waals surface area contributed by atoms with Crippen molar-refractivity contribution < 1.29 is 9.53 Å². The van der Waals surface area contributed by atoms with Gasteiger partial charge in [0.05, 0.1) is 5.69 Å². The lowest BCUT2D eigenvalue weighted by Gasteiger charge is -2.13. The van der Waals surface area contributed by atoms with Gasteiger partial charge in [0.25, 0.3) is 5.91 Å². The van der Waals surface area contributed by atoms with Crippen LogP contribution in [0.3, 0.4) is 0 Å². The minimum atomic E-state index is -0.172. The number of hydrogen-bond acceptors (Lipinski definition) is 6. The van der Waals surface area contributed by atoms with Crippen LogP contribution in [0.25, 0.3) is 5.82 Å². The number of imidazole rings is 1. The fourth-order valence-corrected chi connectivity index (χ4v) is 3.29. The van der Waals surface area contributed by atoms with Crippen LogP contribution in [0.2, 0.25) is 0 Å². The van der Waals surface area contributed by atoms with Crippen LogP contribution in [0, 0.1) is 20.8 Å². The van der Waals surface area contributed by atoms with Gasteiger partial charge in [-0.3, -0.25) is 9.36 Å². The van der Waals surface area contributed by atoms with Crippen molar-refractivity contribution in [3.8, 4) is 17.4 Å². The summed E-state index contributed by atoms with van der Waals surface area (Å²) in [5.74, 6) is 2.15. The molecule has 1 amide bonds. The largest absolute Gasteiger partial charge is 0.439 e. The molecule has 0 spiro atoms. The minimum absolute atomic E-state index is 0.172. The van der Waals surface area contributed by atoms with Gasteiger partial charge in [-0.2, -0.15) is 4.98 Å². The number of aryl methyl sites for hydroxylation is 2. The van der Waals surface area contributed by atoms with Crippen LogP contribution in [0.1, 0.15) is 27.6 Å². The van der Waals surface area contributed by atoms with E-state index in [9.17, 15) is 4.79 Å². The molecule has 0 bridgehead atoms. The molecule has 0 saturated heterocycles. The predicted octanol–water partition coefficient (Wildman–Crippen LogP) is 4.70. The molecular weight excluding hydrogens is 416 g/mol. The van der Waals surface area contributed by atoms with Gasteiger partial charge in [-0.1, -0.05) is 6.07 Å². The average Bonchev–Trinajstić information content (AvgIpc) is 3.13. The van der Waals surface area contributed by atoms with E-state index in [2.05, 4.69) is 20.3 Å². The fourth-order valence-electron chi connectivity index (χ4n) is 3.29. The maximum atomic E-state index is 12.6. The van der Waals surface area contributed by atoms with Crippen molar-refractivity contribution in [2.24, 2.45) is 0 Å². The smallest absolute Gasteiger partial charge is 0.255 e. The van der Waals surface area contributed by atoms with Crippen molar-refractivity contribution in [3.63, 3.8) is 0 Å². The third-order valence-corrected chi connectivity index (χ3v) is 5.26. The van der Waals surface area contributed by atoms with E-state index in [1.807, 2.05) is 62.5 Å². The number of anilines is 2. The van der Waals surface area contributed by atoms with Crippen molar-refractivity contribution in [3.05, 3.63) is 83.7 Å². The SMILES string of the molecule is Cc1nc(Oc2ccc(NC(=O)c3cccc(N(C)C)c3)cc2)cc(-n2cnc(C)c2C)n1. The molecule has 0 aliphatic carbocycles. The first-order valence-electron chi connectivity index (χ1n) is 10.5. The zero-order valence-electron chi connectivity index (χ0n) is 19.3. The van der Waals surface area contributed by atoms with Crippen LogP contribution in [0.4, 0.5) is 11.4 Å². The lowest BCUT2D eigenvalue weighted by molar-refractivity contribution is 0.102. The van der Waals surface area contributed by atoms with Crippen LogP contribution in [-0.2, 0) is 0 Å². The van der Waals surface area contributed by atoms with E-state index in [1.165, 1.54) is 0 Å². The Hall–Kier alpha value is -4.20. The van der Waals surface area contributed by atoms with Crippen LogP contribution in [0.5, 0.6) is 11.6 Å². The summed E-state index contributed by atoms with van der Waals surface area (Å²) in [7, 11) is 3.88. The molecule has 0 atom stereocenters. The molecule has 0 radical (unpaired) electrons. The molecule has 0 aliphatic heterocycles. The highest BCUT2D eigenvalue weighted by molar-refractivity contribution is 6.04. The Kier molecular flexibility index (Phi) is 6.08. The van der Waals surface area contributed by atoms with Crippen LogP contribution in [-0.4, -0.2) is 39.5 Å². The van der Waals surface area contributed by atoms with E-state index in [-0.39, 0.29) is 5.91 Å². The Morgan fingerprint density at radius 3 is 2.42 bits per heavy atom. The Morgan fingerprint density at radius 2 is 1.76 bits per heavy atom. The van der Waals surface area contributed by atoms with Crippen LogP contribution < -0.4 is 15.0 Å². The number of carbonyl (C=O) groups is 1. The molecule has 2 aromatic heterocycles. The van der Waals surface area contributed by atoms with Crippen molar-refractivity contribution >= 4 is 17.3 Å². The van der Waals surface area contributed by atoms with E-state index in [1.54, 1.807) is 42.7 Å². The van der Waals surface area contributed by atoms with E-state index in [0.29, 0.717) is 34.5 Å². The van der Waals surface area contributed by atoms with Gasteiger partial charge in [-0.15, -0.1) is 0 Å². The molecule has 4 aromatic rings. The Labute approximate surface area is 192 Å². The summed E-state index contributed by atoms with van der Waals surface area (Å²) in [5.41, 5.74) is 4.18. The van der Waals surface area contributed by atoms with Crippen molar-refractivity contribution in [2.75, 3.05) is 24.3 Å². The second-order valence-corrected chi connectivity index (χ2v) is 7.92. The molecule has 4 rings (SSSR count). The van der Waals surface area contributed by atoms with E-state index < -0.39 is 0 Å². The lowest BCUT2D eigenvalue weighted by Crippen LogP contribution is -2.14. The number of nitrogens with one attached hydrogen (secondary N) is 1. The van der Waals surface area contributed by atoms with Crippen molar-refractivity contribution in [2.45, 2.75) is 20.8 Å². The molecule has 0 saturated carbocycles. The lowest BCUT2D eigenvalue weighted by atomic mass is 10.1. The normalized spacial score (nSPS) is 10.7. The second kappa shape index (κ2) is 9.12. The van der Waals surface area contributed by atoms with Gasteiger partial charge < -0.3 is 15.0 Å². The predicted molar refractivity (Wildman–Crippen MR) is 129 cm³/mol.